The number of hydrogen-bond donors (Lipinski definition) is 0. The number of halogens is 1. The van der Waals surface area contributed by atoms with Gasteiger partial charge in [-0.3, -0.25) is 0 Å². The quantitative estimate of drug-likeness (QED) is 0.674. The van der Waals surface area contributed by atoms with E-state index in [4.69, 9.17) is 0 Å². The second-order valence-electron chi connectivity index (χ2n) is 3.45. The minimum Gasteiger partial charge on any atom is -0.143 e. The molecule has 0 saturated heterocycles. The van der Waals surface area contributed by atoms with Gasteiger partial charge in [0.1, 0.15) is 0 Å². The molecule has 0 amide bonds. The van der Waals surface area contributed by atoms with Crippen LogP contribution in [0.2, 0.25) is 0 Å². The van der Waals surface area contributed by atoms with Crippen LogP contribution in [0.25, 0.3) is 10.1 Å². The summed E-state index contributed by atoms with van der Waals surface area (Å²) in [5.41, 5.74) is 1.48. The summed E-state index contributed by atoms with van der Waals surface area (Å²) in [4.78, 5) is 0. The van der Waals surface area contributed by atoms with Crippen LogP contribution in [0.5, 0.6) is 0 Å². The van der Waals surface area contributed by atoms with E-state index >= 15 is 0 Å². The van der Waals surface area contributed by atoms with Gasteiger partial charge in [0.25, 0.3) is 0 Å². The lowest BCUT2D eigenvalue weighted by molar-refractivity contribution is 0.878. The molecule has 0 aliphatic rings. The summed E-state index contributed by atoms with van der Waals surface area (Å²) in [5, 5.41) is 3.59. The number of benzene rings is 1. The van der Waals surface area contributed by atoms with Gasteiger partial charge < -0.3 is 0 Å². The van der Waals surface area contributed by atoms with Crippen molar-refractivity contribution in [3.63, 3.8) is 0 Å². The summed E-state index contributed by atoms with van der Waals surface area (Å²) in [7, 11) is 0. The van der Waals surface area contributed by atoms with Crippen molar-refractivity contribution in [3.05, 3.63) is 32.7 Å². The molecule has 1 aromatic heterocycles. The first-order valence-electron chi connectivity index (χ1n) is 4.35. The Balaban J connectivity index is 2.78. The van der Waals surface area contributed by atoms with Crippen molar-refractivity contribution in [1.82, 2.24) is 0 Å². The fraction of sp³-hybridized carbons (Fsp3) is 0.273. The number of rotatable bonds is 1. The highest BCUT2D eigenvalue weighted by Gasteiger charge is 2.07. The standard InChI is InChI=1S/C11H11IS/c1-7(2)8-3-4-10(12)9-5-6-13-11(8)9/h3-7H,1-2H3. The fourth-order valence-corrected chi connectivity index (χ4v) is 3.40. The Kier molecular flexibility index (Phi) is 2.60. The van der Waals surface area contributed by atoms with Gasteiger partial charge in [0.15, 0.2) is 0 Å². The molecule has 1 heterocycles. The molecule has 0 saturated carbocycles. The molecule has 2 aromatic rings. The summed E-state index contributed by atoms with van der Waals surface area (Å²) in [5.74, 6) is 0.623. The first-order chi connectivity index (χ1) is 6.20. The third-order valence-corrected chi connectivity index (χ3v) is 4.12. The lowest BCUT2D eigenvalue weighted by Crippen LogP contribution is -1.87. The Labute approximate surface area is 96.1 Å². The summed E-state index contributed by atoms with van der Waals surface area (Å²) in [6.07, 6.45) is 0. The molecular weight excluding hydrogens is 291 g/mol. The lowest BCUT2D eigenvalue weighted by atomic mass is 10.0. The summed E-state index contributed by atoms with van der Waals surface area (Å²) in [6, 6.07) is 6.68. The maximum Gasteiger partial charge on any atom is 0.0387 e. The summed E-state index contributed by atoms with van der Waals surface area (Å²) in [6.45, 7) is 4.50. The van der Waals surface area contributed by atoms with Crippen LogP contribution in [0.15, 0.2) is 23.6 Å². The van der Waals surface area contributed by atoms with E-state index in [1.807, 2.05) is 11.3 Å². The maximum absolute atomic E-state index is 2.40. The van der Waals surface area contributed by atoms with Crippen molar-refractivity contribution in [3.8, 4) is 0 Å². The van der Waals surface area contributed by atoms with E-state index in [-0.39, 0.29) is 0 Å². The van der Waals surface area contributed by atoms with Crippen molar-refractivity contribution < 1.29 is 0 Å². The zero-order valence-corrected chi connectivity index (χ0v) is 10.6. The second-order valence-corrected chi connectivity index (χ2v) is 5.53. The first-order valence-corrected chi connectivity index (χ1v) is 6.31. The van der Waals surface area contributed by atoms with Crippen LogP contribution in [0, 0.1) is 3.57 Å². The highest BCUT2D eigenvalue weighted by atomic mass is 127. The molecule has 0 radical (unpaired) electrons. The minimum atomic E-state index is 0.623. The highest BCUT2D eigenvalue weighted by molar-refractivity contribution is 14.1. The smallest absolute Gasteiger partial charge is 0.0387 e. The zero-order chi connectivity index (χ0) is 9.42. The molecule has 0 N–H and O–H groups in total. The molecule has 0 aliphatic heterocycles. The van der Waals surface area contributed by atoms with Gasteiger partial charge in [-0.2, -0.15) is 0 Å². The van der Waals surface area contributed by atoms with Gasteiger partial charge in [-0.05, 0) is 51.6 Å². The molecule has 2 rings (SSSR count). The predicted molar refractivity (Wildman–Crippen MR) is 68.6 cm³/mol. The van der Waals surface area contributed by atoms with Crippen LogP contribution in [0.3, 0.4) is 0 Å². The second kappa shape index (κ2) is 3.58. The average molecular weight is 302 g/mol. The van der Waals surface area contributed by atoms with E-state index < -0.39 is 0 Å². The molecule has 0 atom stereocenters. The van der Waals surface area contributed by atoms with Crippen molar-refractivity contribution in [1.29, 1.82) is 0 Å². The van der Waals surface area contributed by atoms with E-state index in [9.17, 15) is 0 Å². The molecule has 13 heavy (non-hydrogen) atoms. The van der Waals surface area contributed by atoms with Gasteiger partial charge in [0.05, 0.1) is 0 Å². The molecule has 0 unspecified atom stereocenters. The van der Waals surface area contributed by atoms with Gasteiger partial charge >= 0.3 is 0 Å². The van der Waals surface area contributed by atoms with Crippen LogP contribution in [-0.4, -0.2) is 0 Å². The predicted octanol–water partition coefficient (Wildman–Crippen LogP) is 4.63. The minimum absolute atomic E-state index is 0.623. The van der Waals surface area contributed by atoms with Crippen molar-refractivity contribution in [2.24, 2.45) is 0 Å². The number of hydrogen-bond acceptors (Lipinski definition) is 1. The van der Waals surface area contributed by atoms with Gasteiger partial charge in [-0.25, -0.2) is 0 Å². The summed E-state index contributed by atoms with van der Waals surface area (Å²) >= 11 is 4.25. The molecule has 1 aromatic carbocycles. The molecule has 0 spiro atoms. The van der Waals surface area contributed by atoms with Gasteiger partial charge in [-0.15, -0.1) is 11.3 Å². The summed E-state index contributed by atoms with van der Waals surface area (Å²) < 4.78 is 2.82. The molecule has 0 fully saturated rings. The fourth-order valence-electron chi connectivity index (χ4n) is 1.50. The average Bonchev–Trinajstić information content (AvgIpc) is 2.53. The Morgan fingerprint density at radius 3 is 2.69 bits per heavy atom. The van der Waals surface area contributed by atoms with Crippen LogP contribution >= 0.6 is 33.9 Å². The van der Waals surface area contributed by atoms with Crippen LogP contribution < -0.4 is 0 Å². The molecule has 0 aliphatic carbocycles. The molecule has 2 heteroatoms. The molecule has 0 nitrogen and oxygen atoms in total. The van der Waals surface area contributed by atoms with Gasteiger partial charge in [0, 0.05) is 13.7 Å². The van der Waals surface area contributed by atoms with Crippen LogP contribution in [-0.2, 0) is 0 Å². The number of thiophene rings is 1. The van der Waals surface area contributed by atoms with Gasteiger partial charge in [-0.1, -0.05) is 19.9 Å². The molecule has 0 bridgehead atoms. The Hall–Kier alpha value is -0.0900. The van der Waals surface area contributed by atoms with E-state index in [2.05, 4.69) is 60.0 Å². The first kappa shape index (κ1) is 9.46. The van der Waals surface area contributed by atoms with Crippen molar-refractivity contribution in [2.45, 2.75) is 19.8 Å². The van der Waals surface area contributed by atoms with E-state index in [1.54, 1.807) is 0 Å². The normalized spacial score (nSPS) is 11.4. The SMILES string of the molecule is CC(C)c1ccc(I)c2ccsc12. The highest BCUT2D eigenvalue weighted by Crippen LogP contribution is 2.32. The topological polar surface area (TPSA) is 0 Å². The van der Waals surface area contributed by atoms with Gasteiger partial charge in [0.2, 0.25) is 0 Å². The largest absolute Gasteiger partial charge is 0.143 e. The Morgan fingerprint density at radius 2 is 2.00 bits per heavy atom. The molecular formula is C11H11IS. The molecule has 68 valence electrons. The maximum atomic E-state index is 2.40. The van der Waals surface area contributed by atoms with Crippen LogP contribution in [0.4, 0.5) is 0 Å². The third kappa shape index (κ3) is 1.62. The van der Waals surface area contributed by atoms with Crippen LogP contribution in [0.1, 0.15) is 25.3 Å². The Morgan fingerprint density at radius 1 is 1.23 bits per heavy atom. The Bertz CT molecular complexity index is 429. The third-order valence-electron chi connectivity index (χ3n) is 2.22. The lowest BCUT2D eigenvalue weighted by Gasteiger charge is -2.07. The van der Waals surface area contributed by atoms with Crippen molar-refractivity contribution in [2.75, 3.05) is 0 Å². The monoisotopic (exact) mass is 302 g/mol. The van der Waals surface area contributed by atoms with E-state index in [0.29, 0.717) is 5.92 Å². The zero-order valence-electron chi connectivity index (χ0n) is 7.67. The van der Waals surface area contributed by atoms with Crippen molar-refractivity contribution >= 4 is 44.0 Å². The van der Waals surface area contributed by atoms with E-state index in [1.165, 1.54) is 19.2 Å². The number of fused-ring (bicyclic) bond motifs is 1. The van der Waals surface area contributed by atoms with E-state index in [0.717, 1.165) is 0 Å².